The summed E-state index contributed by atoms with van der Waals surface area (Å²) in [6.07, 6.45) is 4.08. The number of aromatic nitrogens is 1. The van der Waals surface area contributed by atoms with Crippen molar-refractivity contribution in [3.63, 3.8) is 0 Å². The van der Waals surface area contributed by atoms with Gasteiger partial charge in [-0.05, 0) is 31.4 Å². The standard InChI is InChI=1S/C20H27ClN4O3/c1-20(2)16(14-7-10-28-17(14)20)24-19(27)25-8-5-12(6-9-25)18(26)23-15-4-3-13(21)11-22-15/h3-4,11-12,14,16-17H,5-10H2,1-2H3,(H,24,27)(H,22,23,26)/t14-,16-,17+/m1/s1. The Morgan fingerprint density at radius 2 is 2.00 bits per heavy atom. The molecule has 3 amide bonds. The fraction of sp³-hybridized carbons (Fsp3) is 0.650. The number of rotatable bonds is 3. The van der Waals surface area contributed by atoms with Crippen molar-refractivity contribution in [3.05, 3.63) is 23.4 Å². The Labute approximate surface area is 170 Å². The van der Waals surface area contributed by atoms with Crippen LogP contribution in [0.1, 0.15) is 33.1 Å². The van der Waals surface area contributed by atoms with Gasteiger partial charge in [0.2, 0.25) is 5.91 Å². The zero-order valence-corrected chi connectivity index (χ0v) is 17.0. The molecule has 0 aromatic carbocycles. The van der Waals surface area contributed by atoms with Crippen LogP contribution in [0.3, 0.4) is 0 Å². The summed E-state index contributed by atoms with van der Waals surface area (Å²) in [5.41, 5.74) is -0.0272. The maximum atomic E-state index is 12.7. The third-order valence-electron chi connectivity index (χ3n) is 6.51. The van der Waals surface area contributed by atoms with Crippen molar-refractivity contribution < 1.29 is 14.3 Å². The predicted octanol–water partition coefficient (Wildman–Crippen LogP) is 2.91. The minimum absolute atomic E-state index is 0.0262. The lowest BCUT2D eigenvalue weighted by atomic mass is 9.57. The Hall–Kier alpha value is -1.86. The van der Waals surface area contributed by atoms with E-state index < -0.39 is 0 Å². The molecule has 1 aromatic heterocycles. The van der Waals surface area contributed by atoms with E-state index in [4.69, 9.17) is 16.3 Å². The topological polar surface area (TPSA) is 83.6 Å². The molecule has 3 atom stereocenters. The van der Waals surface area contributed by atoms with E-state index in [9.17, 15) is 9.59 Å². The summed E-state index contributed by atoms with van der Waals surface area (Å²) in [5.74, 6) is 0.750. The molecule has 152 valence electrons. The number of anilines is 1. The van der Waals surface area contributed by atoms with Crippen LogP contribution in [0.25, 0.3) is 0 Å². The Bertz CT molecular complexity index is 746. The summed E-state index contributed by atoms with van der Waals surface area (Å²) >= 11 is 5.81. The molecule has 2 aliphatic heterocycles. The number of piperidine rings is 1. The van der Waals surface area contributed by atoms with Gasteiger partial charge in [0.05, 0.1) is 11.1 Å². The minimum atomic E-state index is -0.116. The molecule has 8 heteroatoms. The first kappa shape index (κ1) is 19.5. The van der Waals surface area contributed by atoms with Crippen molar-refractivity contribution in [1.29, 1.82) is 0 Å². The molecule has 2 saturated heterocycles. The second kappa shape index (κ2) is 7.52. The average Bonchev–Trinajstić information content (AvgIpc) is 3.15. The third kappa shape index (κ3) is 3.57. The number of hydrogen-bond acceptors (Lipinski definition) is 4. The minimum Gasteiger partial charge on any atom is -0.377 e. The highest BCUT2D eigenvalue weighted by Gasteiger charge is 2.60. The molecule has 7 nitrogen and oxygen atoms in total. The van der Waals surface area contributed by atoms with Crippen molar-refractivity contribution in [1.82, 2.24) is 15.2 Å². The largest absolute Gasteiger partial charge is 0.377 e. The number of carbonyl (C=O) groups excluding carboxylic acids is 2. The van der Waals surface area contributed by atoms with Gasteiger partial charge in [-0.1, -0.05) is 25.4 Å². The van der Waals surface area contributed by atoms with Gasteiger partial charge in [-0.2, -0.15) is 0 Å². The smallest absolute Gasteiger partial charge is 0.317 e. The zero-order chi connectivity index (χ0) is 19.9. The van der Waals surface area contributed by atoms with E-state index >= 15 is 0 Å². The van der Waals surface area contributed by atoms with Crippen LogP contribution in [0.5, 0.6) is 0 Å². The lowest BCUT2D eigenvalue weighted by Crippen LogP contribution is -2.68. The van der Waals surface area contributed by atoms with E-state index in [1.54, 1.807) is 12.1 Å². The molecule has 28 heavy (non-hydrogen) atoms. The highest BCUT2D eigenvalue weighted by Crippen LogP contribution is 2.52. The zero-order valence-electron chi connectivity index (χ0n) is 16.3. The number of halogens is 1. The monoisotopic (exact) mass is 406 g/mol. The SMILES string of the molecule is CC1(C)[C@H](NC(=O)N2CCC(C(=O)Nc3ccc(Cl)cn3)CC2)[C@H]2CCO[C@@H]21. The molecule has 3 aliphatic rings. The van der Waals surface area contributed by atoms with Gasteiger partial charge in [0.15, 0.2) is 0 Å². The van der Waals surface area contributed by atoms with Crippen molar-refractivity contribution >= 4 is 29.4 Å². The van der Waals surface area contributed by atoms with Crippen molar-refractivity contribution in [2.24, 2.45) is 17.3 Å². The number of amides is 3. The molecule has 0 spiro atoms. The number of carbonyl (C=O) groups is 2. The average molecular weight is 407 g/mol. The van der Waals surface area contributed by atoms with E-state index in [0.29, 0.717) is 42.7 Å². The number of pyridine rings is 1. The van der Waals surface area contributed by atoms with E-state index in [0.717, 1.165) is 13.0 Å². The first-order valence-electron chi connectivity index (χ1n) is 9.95. The lowest BCUT2D eigenvalue weighted by Gasteiger charge is -2.54. The van der Waals surface area contributed by atoms with E-state index in [1.807, 2.05) is 4.90 Å². The Morgan fingerprint density at radius 3 is 2.68 bits per heavy atom. The van der Waals surface area contributed by atoms with Gasteiger partial charge in [0, 0.05) is 49.2 Å². The molecular weight excluding hydrogens is 380 g/mol. The van der Waals surface area contributed by atoms with Crippen LogP contribution in [0.4, 0.5) is 10.6 Å². The van der Waals surface area contributed by atoms with Gasteiger partial charge in [0.25, 0.3) is 0 Å². The fourth-order valence-electron chi connectivity index (χ4n) is 4.86. The Kier molecular flexibility index (Phi) is 5.22. The van der Waals surface area contributed by atoms with Crippen LogP contribution >= 0.6 is 11.6 Å². The number of ether oxygens (including phenoxy) is 1. The molecular formula is C20H27ClN4O3. The lowest BCUT2D eigenvalue weighted by molar-refractivity contribution is -0.121. The van der Waals surface area contributed by atoms with Gasteiger partial charge in [-0.3, -0.25) is 4.79 Å². The van der Waals surface area contributed by atoms with Crippen molar-refractivity contribution in [2.75, 3.05) is 25.0 Å². The summed E-state index contributed by atoms with van der Waals surface area (Å²) in [7, 11) is 0. The maximum absolute atomic E-state index is 12.7. The van der Waals surface area contributed by atoms with Gasteiger partial charge < -0.3 is 20.3 Å². The highest BCUT2D eigenvalue weighted by atomic mass is 35.5. The van der Waals surface area contributed by atoms with Crippen LogP contribution in [0.15, 0.2) is 18.3 Å². The number of likely N-dealkylation sites (tertiary alicyclic amines) is 1. The van der Waals surface area contributed by atoms with E-state index in [-0.39, 0.29) is 35.4 Å². The van der Waals surface area contributed by atoms with Crippen LogP contribution < -0.4 is 10.6 Å². The number of urea groups is 1. The number of nitrogens with zero attached hydrogens (tertiary/aromatic N) is 2. The summed E-state index contributed by atoms with van der Waals surface area (Å²) < 4.78 is 5.80. The molecule has 0 unspecified atom stereocenters. The van der Waals surface area contributed by atoms with Gasteiger partial charge in [-0.25, -0.2) is 9.78 Å². The summed E-state index contributed by atoms with van der Waals surface area (Å²) in [4.78, 5) is 31.1. The van der Waals surface area contributed by atoms with Gasteiger partial charge in [-0.15, -0.1) is 0 Å². The summed E-state index contributed by atoms with van der Waals surface area (Å²) in [6, 6.07) is 3.51. The quantitative estimate of drug-likeness (QED) is 0.808. The van der Waals surface area contributed by atoms with Gasteiger partial charge >= 0.3 is 6.03 Å². The highest BCUT2D eigenvalue weighted by molar-refractivity contribution is 6.30. The van der Waals surface area contributed by atoms with Crippen molar-refractivity contribution in [2.45, 2.75) is 45.3 Å². The van der Waals surface area contributed by atoms with Crippen LogP contribution in [-0.4, -0.2) is 53.7 Å². The Morgan fingerprint density at radius 1 is 1.25 bits per heavy atom. The van der Waals surface area contributed by atoms with Crippen molar-refractivity contribution in [3.8, 4) is 0 Å². The number of hydrogen-bond donors (Lipinski definition) is 2. The van der Waals surface area contributed by atoms with Crippen LogP contribution in [0, 0.1) is 17.3 Å². The molecule has 1 saturated carbocycles. The molecule has 1 aromatic rings. The predicted molar refractivity (Wildman–Crippen MR) is 106 cm³/mol. The first-order chi connectivity index (χ1) is 13.4. The fourth-order valence-corrected chi connectivity index (χ4v) is 4.98. The van der Waals surface area contributed by atoms with E-state index in [2.05, 4.69) is 29.5 Å². The summed E-state index contributed by atoms with van der Waals surface area (Å²) in [5, 5.41) is 6.58. The third-order valence-corrected chi connectivity index (χ3v) is 6.73. The number of nitrogens with one attached hydrogen (secondary N) is 2. The molecule has 3 heterocycles. The summed E-state index contributed by atoms with van der Waals surface area (Å²) in [6.45, 7) is 6.26. The van der Waals surface area contributed by atoms with Crippen LogP contribution in [0.2, 0.25) is 5.02 Å². The molecule has 1 aliphatic carbocycles. The molecule has 3 fully saturated rings. The Balaban J connectivity index is 1.26. The number of fused-ring (bicyclic) bond motifs is 1. The molecule has 0 radical (unpaired) electrons. The molecule has 0 bridgehead atoms. The van der Waals surface area contributed by atoms with Crippen LogP contribution in [-0.2, 0) is 9.53 Å². The second-order valence-electron chi connectivity index (χ2n) is 8.60. The second-order valence-corrected chi connectivity index (χ2v) is 9.04. The van der Waals surface area contributed by atoms with Gasteiger partial charge in [0.1, 0.15) is 5.82 Å². The molecule has 2 N–H and O–H groups in total. The first-order valence-corrected chi connectivity index (χ1v) is 10.3. The molecule has 4 rings (SSSR count). The van der Waals surface area contributed by atoms with E-state index in [1.165, 1.54) is 6.20 Å². The normalized spacial score (nSPS) is 29.0. The maximum Gasteiger partial charge on any atom is 0.317 e.